The highest BCUT2D eigenvalue weighted by molar-refractivity contribution is 5.71. The average Bonchev–Trinajstić information content (AvgIpc) is 3.09. The molecular weight excluding hydrogens is 624 g/mol. The lowest BCUT2D eigenvalue weighted by Gasteiger charge is -2.18. The molecule has 0 bridgehead atoms. The van der Waals surface area contributed by atoms with Gasteiger partial charge in [-0.15, -0.1) is 0 Å². The van der Waals surface area contributed by atoms with Crippen molar-refractivity contribution in [3.63, 3.8) is 0 Å². The van der Waals surface area contributed by atoms with Crippen LogP contribution >= 0.6 is 0 Å². The molecule has 1 atom stereocenters. The molecule has 50 heavy (non-hydrogen) atoms. The topological polar surface area (TPSA) is 78.9 Å². The van der Waals surface area contributed by atoms with Crippen LogP contribution in [0.4, 0.5) is 0 Å². The van der Waals surface area contributed by atoms with Gasteiger partial charge in [0.2, 0.25) is 0 Å². The van der Waals surface area contributed by atoms with Gasteiger partial charge < -0.3 is 14.2 Å². The number of hydrogen-bond acceptors (Lipinski definition) is 6. The third-order valence-electron chi connectivity index (χ3n) is 9.79. The van der Waals surface area contributed by atoms with Crippen LogP contribution in [0.5, 0.6) is 0 Å². The Kier molecular flexibility index (Phi) is 37.4. The Labute approximate surface area is 310 Å². The van der Waals surface area contributed by atoms with E-state index in [0.717, 1.165) is 63.7 Å². The highest BCUT2D eigenvalue weighted by Gasteiger charge is 2.19. The van der Waals surface area contributed by atoms with Gasteiger partial charge in [-0.2, -0.15) is 0 Å². The summed E-state index contributed by atoms with van der Waals surface area (Å²) in [7, 11) is 0. The maximum absolute atomic E-state index is 12.5. The van der Waals surface area contributed by atoms with Crippen molar-refractivity contribution in [3.8, 4) is 0 Å². The first-order valence-electron chi connectivity index (χ1n) is 21.9. The van der Waals surface area contributed by atoms with Crippen molar-refractivity contribution in [1.82, 2.24) is 0 Å². The quantitative estimate of drug-likeness (QED) is 0.0359. The molecule has 0 spiro atoms. The number of ether oxygens (including phenoxy) is 3. The summed E-state index contributed by atoms with van der Waals surface area (Å²) in [6, 6.07) is 0. The van der Waals surface area contributed by atoms with Crippen molar-refractivity contribution >= 4 is 17.9 Å². The molecule has 0 unspecified atom stereocenters. The first kappa shape index (κ1) is 48.4. The van der Waals surface area contributed by atoms with Gasteiger partial charge in [-0.3, -0.25) is 14.4 Å². The van der Waals surface area contributed by atoms with Crippen molar-refractivity contribution in [1.29, 1.82) is 0 Å². The van der Waals surface area contributed by atoms with Crippen molar-refractivity contribution in [2.24, 2.45) is 5.92 Å². The Morgan fingerprint density at radius 2 is 0.660 bits per heavy atom. The third kappa shape index (κ3) is 37.7. The van der Waals surface area contributed by atoms with Crippen LogP contribution in [0.15, 0.2) is 0 Å². The van der Waals surface area contributed by atoms with Crippen LogP contribution in [0.1, 0.15) is 240 Å². The number of hydrogen-bond donors (Lipinski definition) is 0. The Bertz CT molecular complexity index is 751. The zero-order valence-electron chi connectivity index (χ0n) is 33.9. The highest BCUT2D eigenvalue weighted by Crippen LogP contribution is 2.16. The standard InChI is InChI=1S/C44H84O6/c1-5-7-9-11-22-27-31-35-42(45)48-38-41(50-44(47)37-33-29-23-12-10-8-6-2)39-49-43(46)36-32-28-25-21-19-17-15-13-14-16-18-20-24-26-30-34-40(3)4/h40-41H,5-39H2,1-4H3/t41-/m1/s1. The normalized spacial score (nSPS) is 11.9. The van der Waals surface area contributed by atoms with E-state index in [0.29, 0.717) is 19.3 Å². The summed E-state index contributed by atoms with van der Waals surface area (Å²) in [6.07, 6.45) is 36.8. The number of carbonyl (C=O) groups excluding carboxylic acids is 3. The van der Waals surface area contributed by atoms with E-state index in [1.165, 1.54) is 135 Å². The van der Waals surface area contributed by atoms with Gasteiger partial charge in [-0.05, 0) is 25.2 Å². The molecule has 296 valence electrons. The maximum Gasteiger partial charge on any atom is 0.306 e. The molecule has 0 heterocycles. The van der Waals surface area contributed by atoms with Gasteiger partial charge in [-0.25, -0.2) is 0 Å². The van der Waals surface area contributed by atoms with E-state index in [9.17, 15) is 14.4 Å². The zero-order chi connectivity index (χ0) is 36.8. The Hall–Kier alpha value is -1.59. The molecule has 0 aromatic heterocycles. The number of rotatable bonds is 39. The minimum Gasteiger partial charge on any atom is -0.462 e. The second-order valence-corrected chi connectivity index (χ2v) is 15.5. The predicted octanol–water partition coefficient (Wildman–Crippen LogP) is 13.6. The molecule has 0 aromatic carbocycles. The maximum atomic E-state index is 12.5. The Morgan fingerprint density at radius 1 is 0.380 bits per heavy atom. The molecule has 0 amide bonds. The van der Waals surface area contributed by atoms with E-state index >= 15 is 0 Å². The van der Waals surface area contributed by atoms with Crippen molar-refractivity contribution < 1.29 is 28.6 Å². The van der Waals surface area contributed by atoms with Crippen LogP contribution in [0, 0.1) is 5.92 Å². The minimum atomic E-state index is -0.756. The van der Waals surface area contributed by atoms with Gasteiger partial charge in [0.25, 0.3) is 0 Å². The first-order valence-corrected chi connectivity index (χ1v) is 21.9. The molecule has 0 saturated carbocycles. The minimum absolute atomic E-state index is 0.0649. The number of esters is 3. The van der Waals surface area contributed by atoms with Crippen molar-refractivity contribution in [3.05, 3.63) is 0 Å². The fraction of sp³-hybridized carbons (Fsp3) is 0.932. The molecule has 0 aliphatic heterocycles. The summed E-state index contributed by atoms with van der Waals surface area (Å²) < 4.78 is 16.6. The molecule has 6 nitrogen and oxygen atoms in total. The Balaban J connectivity index is 4.12. The zero-order valence-corrected chi connectivity index (χ0v) is 33.9. The molecule has 0 fully saturated rings. The number of carbonyl (C=O) groups is 3. The SMILES string of the molecule is CCCCCCCCCC(=O)OC[C@H](COC(=O)CCCCCCCCCCCCCCCCCC(C)C)OC(=O)CCCCCCCCC. The summed E-state index contributed by atoms with van der Waals surface area (Å²) in [4.78, 5) is 37.4. The second-order valence-electron chi connectivity index (χ2n) is 15.5. The third-order valence-corrected chi connectivity index (χ3v) is 9.79. The van der Waals surface area contributed by atoms with Crippen molar-refractivity contribution in [2.75, 3.05) is 13.2 Å². The lowest BCUT2D eigenvalue weighted by Crippen LogP contribution is -2.30. The molecule has 0 radical (unpaired) electrons. The summed E-state index contributed by atoms with van der Waals surface area (Å²) in [5, 5.41) is 0. The van der Waals surface area contributed by atoms with Crippen LogP contribution in [-0.4, -0.2) is 37.2 Å². The van der Waals surface area contributed by atoms with E-state index in [-0.39, 0.29) is 31.1 Å². The van der Waals surface area contributed by atoms with Crippen molar-refractivity contribution in [2.45, 2.75) is 246 Å². The fourth-order valence-electron chi connectivity index (χ4n) is 6.45. The second kappa shape index (κ2) is 38.6. The van der Waals surface area contributed by atoms with Gasteiger partial charge in [0.1, 0.15) is 13.2 Å². The van der Waals surface area contributed by atoms with E-state index in [1.807, 2.05) is 0 Å². The smallest absolute Gasteiger partial charge is 0.306 e. The van der Waals surface area contributed by atoms with Crippen LogP contribution in [0.2, 0.25) is 0 Å². The molecule has 0 aliphatic rings. The van der Waals surface area contributed by atoms with E-state index < -0.39 is 6.10 Å². The van der Waals surface area contributed by atoms with E-state index in [2.05, 4.69) is 27.7 Å². The van der Waals surface area contributed by atoms with Crippen LogP contribution in [-0.2, 0) is 28.6 Å². The number of unbranched alkanes of at least 4 members (excludes halogenated alkanes) is 26. The largest absolute Gasteiger partial charge is 0.462 e. The highest BCUT2D eigenvalue weighted by atomic mass is 16.6. The molecule has 6 heteroatoms. The molecule has 0 aliphatic carbocycles. The lowest BCUT2D eigenvalue weighted by atomic mass is 10.0. The monoisotopic (exact) mass is 709 g/mol. The van der Waals surface area contributed by atoms with Gasteiger partial charge in [-0.1, -0.05) is 201 Å². The molecule has 0 rings (SSSR count). The van der Waals surface area contributed by atoms with Gasteiger partial charge in [0.05, 0.1) is 0 Å². The van der Waals surface area contributed by atoms with Gasteiger partial charge >= 0.3 is 17.9 Å². The Morgan fingerprint density at radius 3 is 0.980 bits per heavy atom. The fourth-order valence-corrected chi connectivity index (χ4v) is 6.45. The molecular formula is C44H84O6. The summed E-state index contributed by atoms with van der Waals surface area (Å²) >= 11 is 0. The van der Waals surface area contributed by atoms with Gasteiger partial charge in [0, 0.05) is 19.3 Å². The average molecular weight is 709 g/mol. The summed E-state index contributed by atoms with van der Waals surface area (Å²) in [5.41, 5.74) is 0. The van der Waals surface area contributed by atoms with Crippen LogP contribution in [0.25, 0.3) is 0 Å². The molecule has 0 saturated heterocycles. The van der Waals surface area contributed by atoms with Crippen LogP contribution < -0.4 is 0 Å². The lowest BCUT2D eigenvalue weighted by molar-refractivity contribution is -0.167. The first-order chi connectivity index (χ1) is 24.4. The predicted molar refractivity (Wildman–Crippen MR) is 210 cm³/mol. The van der Waals surface area contributed by atoms with E-state index in [4.69, 9.17) is 14.2 Å². The summed E-state index contributed by atoms with van der Waals surface area (Å²) in [5.74, 6) is -0.0209. The van der Waals surface area contributed by atoms with E-state index in [1.54, 1.807) is 0 Å². The summed E-state index contributed by atoms with van der Waals surface area (Å²) in [6.45, 7) is 8.92. The van der Waals surface area contributed by atoms with Gasteiger partial charge in [0.15, 0.2) is 6.10 Å². The molecule has 0 aromatic rings. The van der Waals surface area contributed by atoms with Crippen LogP contribution in [0.3, 0.4) is 0 Å². The molecule has 0 N–H and O–H groups in total.